The van der Waals surface area contributed by atoms with Crippen LogP contribution in [-0.4, -0.2) is 69.6 Å². The van der Waals surface area contributed by atoms with Gasteiger partial charge >= 0.3 is 0 Å². The second-order valence-electron chi connectivity index (χ2n) is 13.2. The molecule has 4 aromatic rings. The summed E-state index contributed by atoms with van der Waals surface area (Å²) in [5, 5.41) is 28.6. The van der Waals surface area contributed by atoms with Crippen molar-refractivity contribution in [2.45, 2.75) is 65.5 Å². The normalized spacial score (nSPS) is 21.0. The Balaban J connectivity index is 1.23. The third-order valence-electron chi connectivity index (χ3n) is 9.23. The molecule has 2 fully saturated rings. The Morgan fingerprint density at radius 2 is 1.86 bits per heavy atom. The number of aromatic amines is 2. The Morgan fingerprint density at radius 3 is 2.55 bits per heavy atom. The summed E-state index contributed by atoms with van der Waals surface area (Å²) >= 11 is 0. The third-order valence-corrected chi connectivity index (χ3v) is 9.23. The van der Waals surface area contributed by atoms with Crippen LogP contribution in [0.3, 0.4) is 0 Å². The van der Waals surface area contributed by atoms with Gasteiger partial charge in [-0.3, -0.25) is 9.89 Å². The smallest absolute Gasteiger partial charge is 0.238 e. The van der Waals surface area contributed by atoms with Crippen LogP contribution in [0, 0.1) is 31.1 Å². The Morgan fingerprint density at radius 1 is 1.09 bits per heavy atom. The van der Waals surface area contributed by atoms with Gasteiger partial charge in [-0.2, -0.15) is 15.4 Å². The number of anilines is 1. The van der Waals surface area contributed by atoms with E-state index < -0.39 is 5.41 Å². The molecule has 1 amide bonds. The molecule has 1 saturated heterocycles. The van der Waals surface area contributed by atoms with Crippen LogP contribution in [0.15, 0.2) is 36.4 Å². The number of aryl methyl sites for hydroxylation is 2. The van der Waals surface area contributed by atoms with Crippen molar-refractivity contribution in [1.82, 2.24) is 36.2 Å². The fourth-order valence-electron chi connectivity index (χ4n) is 7.11. The van der Waals surface area contributed by atoms with Crippen molar-refractivity contribution in [3.05, 3.63) is 53.1 Å². The first-order valence-corrected chi connectivity index (χ1v) is 15.5. The van der Waals surface area contributed by atoms with Crippen molar-refractivity contribution in [2.24, 2.45) is 17.3 Å². The van der Waals surface area contributed by atoms with Crippen LogP contribution >= 0.6 is 0 Å². The number of carbonyl (C=O) groups is 2. The highest BCUT2D eigenvalue weighted by Gasteiger charge is 2.51. The minimum Gasteiger partial charge on any atom is -0.472 e. The van der Waals surface area contributed by atoms with Gasteiger partial charge in [0.15, 0.2) is 0 Å². The first-order chi connectivity index (χ1) is 21.1. The SMILES string of the molecule is Cc1cc(C)cc(-c2[nH]nc(OC(C3C4CCC3NC4)C(C)(C)C=O)c2[C@H](C)CNCC(=O)Nc2ccc3n[nH]nc3c2)c1. The van der Waals surface area contributed by atoms with Gasteiger partial charge in [-0.1, -0.05) is 24.1 Å². The van der Waals surface area contributed by atoms with Crippen LogP contribution < -0.4 is 20.7 Å². The molecule has 5 N–H and O–H groups in total. The summed E-state index contributed by atoms with van der Waals surface area (Å²) in [4.78, 5) is 25.2. The van der Waals surface area contributed by atoms with Crippen LogP contribution in [0.2, 0.25) is 0 Å². The van der Waals surface area contributed by atoms with Gasteiger partial charge in [-0.25, -0.2) is 0 Å². The lowest BCUT2D eigenvalue weighted by atomic mass is 9.76. The molecule has 1 saturated carbocycles. The molecule has 1 aliphatic carbocycles. The Bertz CT molecular complexity index is 1620. The minimum absolute atomic E-state index is 0.0581. The molecular weight excluding hydrogens is 556 g/mol. The molecule has 2 aromatic carbocycles. The summed E-state index contributed by atoms with van der Waals surface area (Å²) in [6, 6.07) is 12.2. The lowest BCUT2D eigenvalue weighted by molar-refractivity contribution is -0.121. The maximum absolute atomic E-state index is 12.8. The number of nitrogens with zero attached hydrogens (tertiary/aromatic N) is 3. The van der Waals surface area contributed by atoms with E-state index in [1.165, 1.54) is 0 Å². The maximum atomic E-state index is 12.8. The van der Waals surface area contributed by atoms with Gasteiger partial charge < -0.3 is 25.5 Å². The van der Waals surface area contributed by atoms with E-state index in [1.54, 1.807) is 12.1 Å². The highest BCUT2D eigenvalue weighted by Crippen LogP contribution is 2.46. The molecule has 4 unspecified atom stereocenters. The molecule has 11 heteroatoms. The first kappa shape index (κ1) is 30.0. The topological polar surface area (TPSA) is 150 Å². The summed E-state index contributed by atoms with van der Waals surface area (Å²) in [5.41, 5.74) is 6.56. The molecule has 1 aliphatic heterocycles. The first-order valence-electron chi connectivity index (χ1n) is 15.5. The van der Waals surface area contributed by atoms with E-state index in [0.29, 0.717) is 35.6 Å². The molecule has 5 atom stereocenters. The summed E-state index contributed by atoms with van der Waals surface area (Å²) in [7, 11) is 0. The number of H-pyrrole nitrogens is 2. The summed E-state index contributed by atoms with van der Waals surface area (Å²) in [6.45, 7) is 11.8. The molecule has 0 spiro atoms. The fourth-order valence-corrected chi connectivity index (χ4v) is 7.11. The number of nitrogens with one attached hydrogen (secondary N) is 5. The lowest BCUT2D eigenvalue weighted by Crippen LogP contribution is -2.46. The largest absolute Gasteiger partial charge is 0.472 e. The zero-order valence-corrected chi connectivity index (χ0v) is 26.0. The van der Waals surface area contributed by atoms with E-state index in [9.17, 15) is 9.59 Å². The number of amides is 1. The minimum atomic E-state index is -0.692. The Labute approximate surface area is 257 Å². The highest BCUT2D eigenvalue weighted by atomic mass is 16.5. The molecule has 2 bridgehead atoms. The highest BCUT2D eigenvalue weighted by molar-refractivity contribution is 5.94. The molecule has 232 valence electrons. The quantitative estimate of drug-likeness (QED) is 0.152. The number of fused-ring (bicyclic) bond motifs is 3. The average molecular weight is 599 g/mol. The van der Waals surface area contributed by atoms with E-state index in [-0.39, 0.29) is 30.4 Å². The number of ether oxygens (including phenoxy) is 1. The zero-order chi connectivity index (χ0) is 31.0. The number of aldehydes is 1. The Kier molecular flexibility index (Phi) is 8.26. The monoisotopic (exact) mass is 598 g/mol. The van der Waals surface area contributed by atoms with Gasteiger partial charge in [0.1, 0.15) is 23.4 Å². The van der Waals surface area contributed by atoms with E-state index in [2.05, 4.69) is 75.4 Å². The molecular formula is C33H42N8O3. The van der Waals surface area contributed by atoms with Crippen LogP contribution in [0.5, 0.6) is 5.88 Å². The van der Waals surface area contributed by atoms with Crippen molar-refractivity contribution in [3.63, 3.8) is 0 Å². The lowest BCUT2D eigenvalue weighted by Gasteiger charge is -2.36. The predicted molar refractivity (Wildman–Crippen MR) is 170 cm³/mol. The molecule has 11 nitrogen and oxygen atoms in total. The molecule has 44 heavy (non-hydrogen) atoms. The van der Waals surface area contributed by atoms with Crippen molar-refractivity contribution >= 4 is 28.9 Å². The van der Waals surface area contributed by atoms with Crippen LogP contribution in [-0.2, 0) is 9.59 Å². The van der Waals surface area contributed by atoms with Gasteiger partial charge in [0.25, 0.3) is 0 Å². The standard InChI is InChI=1S/C33H42N8O3/c1-18-10-19(2)12-22(11-18)30-28(20(3)14-34-16-27(43)36-23-7-9-24-26(13-23)38-41-37-24)32(40-39-30)44-31(33(4,5)17-42)29-21-6-8-25(29)35-15-21/h7,9-13,17,20-21,25,29,31,34-35H,6,8,14-16H2,1-5H3,(H,36,43)(H,39,40)(H,37,38,41)/t20-,21?,25?,29?,31?/m1/s1. The maximum Gasteiger partial charge on any atom is 0.238 e. The third kappa shape index (κ3) is 5.98. The van der Waals surface area contributed by atoms with E-state index in [1.807, 2.05) is 19.9 Å². The van der Waals surface area contributed by atoms with E-state index in [0.717, 1.165) is 59.1 Å². The van der Waals surface area contributed by atoms with Gasteiger partial charge in [-0.05, 0) is 83.3 Å². The number of carbonyl (C=O) groups excluding carboxylic acids is 2. The number of hydrogen-bond acceptors (Lipinski definition) is 8. The van der Waals surface area contributed by atoms with Crippen LogP contribution in [0.25, 0.3) is 22.3 Å². The second-order valence-corrected chi connectivity index (χ2v) is 13.2. The molecule has 2 aromatic heterocycles. The number of aromatic nitrogens is 5. The van der Waals surface area contributed by atoms with Crippen molar-refractivity contribution in [3.8, 4) is 17.1 Å². The van der Waals surface area contributed by atoms with Gasteiger partial charge in [0.2, 0.25) is 11.8 Å². The number of rotatable bonds is 12. The molecule has 3 heterocycles. The zero-order valence-electron chi connectivity index (χ0n) is 26.0. The van der Waals surface area contributed by atoms with Crippen molar-refractivity contribution < 1.29 is 14.3 Å². The number of piperidine rings is 1. The van der Waals surface area contributed by atoms with Crippen molar-refractivity contribution in [2.75, 3.05) is 25.0 Å². The van der Waals surface area contributed by atoms with Gasteiger partial charge in [-0.15, -0.1) is 5.10 Å². The summed E-state index contributed by atoms with van der Waals surface area (Å²) in [5.74, 6) is 1.02. The van der Waals surface area contributed by atoms with E-state index >= 15 is 0 Å². The average Bonchev–Trinajstić information content (AvgIpc) is 3.79. The molecule has 0 radical (unpaired) electrons. The number of hydrogen-bond donors (Lipinski definition) is 5. The second kappa shape index (κ2) is 12.1. The van der Waals surface area contributed by atoms with Crippen molar-refractivity contribution in [1.29, 1.82) is 0 Å². The van der Waals surface area contributed by atoms with Gasteiger partial charge in [0.05, 0.1) is 17.7 Å². The Hall–Kier alpha value is -4.09. The van der Waals surface area contributed by atoms with Crippen LogP contribution in [0.4, 0.5) is 5.69 Å². The number of benzene rings is 2. The molecule has 6 rings (SSSR count). The predicted octanol–water partition coefficient (Wildman–Crippen LogP) is 4.27. The summed E-state index contributed by atoms with van der Waals surface area (Å²) in [6.07, 6.45) is 2.94. The summed E-state index contributed by atoms with van der Waals surface area (Å²) < 4.78 is 6.85. The van der Waals surface area contributed by atoms with E-state index in [4.69, 9.17) is 9.84 Å². The van der Waals surface area contributed by atoms with Crippen LogP contribution in [0.1, 0.15) is 56.2 Å². The molecule has 2 aliphatic rings. The van der Waals surface area contributed by atoms with Gasteiger partial charge in [0, 0.05) is 41.2 Å². The fraction of sp³-hybridized carbons (Fsp3) is 0.485.